The Morgan fingerprint density at radius 1 is 1.10 bits per heavy atom. The van der Waals surface area contributed by atoms with Crippen LogP contribution in [-0.4, -0.2) is 5.25 Å². The summed E-state index contributed by atoms with van der Waals surface area (Å²) < 4.78 is 0. The summed E-state index contributed by atoms with van der Waals surface area (Å²) in [6.45, 7) is 19.0. The number of thioether (sulfide) groups is 1. The lowest BCUT2D eigenvalue weighted by atomic mass is 9.76. The molecule has 0 amide bonds. The average molecular weight is 305 g/mol. The van der Waals surface area contributed by atoms with Gasteiger partial charge in [0.15, 0.2) is 0 Å². The summed E-state index contributed by atoms with van der Waals surface area (Å²) in [5.74, 6) is 2.83. The van der Waals surface area contributed by atoms with Crippen LogP contribution in [0.4, 0.5) is 0 Å². The third-order valence-corrected chi connectivity index (χ3v) is 6.99. The van der Waals surface area contributed by atoms with Crippen LogP contribution in [0.3, 0.4) is 0 Å². The Labute approximate surface area is 136 Å². The quantitative estimate of drug-likeness (QED) is 0.586. The van der Waals surface area contributed by atoms with Gasteiger partial charge in [-0.05, 0) is 66.2 Å². The largest absolute Gasteiger partial charge is 0.122 e. The van der Waals surface area contributed by atoms with Crippen molar-refractivity contribution in [3.63, 3.8) is 0 Å². The summed E-state index contributed by atoms with van der Waals surface area (Å²) in [5.41, 5.74) is 6.27. The molecule has 0 radical (unpaired) electrons. The number of aryl methyl sites for hydroxylation is 1. The van der Waals surface area contributed by atoms with Gasteiger partial charge in [0.1, 0.15) is 0 Å². The first-order valence-electron chi connectivity index (χ1n) is 8.54. The van der Waals surface area contributed by atoms with Gasteiger partial charge in [0.2, 0.25) is 0 Å². The summed E-state index contributed by atoms with van der Waals surface area (Å²) in [4.78, 5) is 1.61. The second-order valence-electron chi connectivity index (χ2n) is 7.69. The fraction of sp³-hybridized carbons (Fsp3) is 0.700. The summed E-state index contributed by atoms with van der Waals surface area (Å²) in [6.07, 6.45) is 1.33. The van der Waals surface area contributed by atoms with Crippen LogP contribution in [0.2, 0.25) is 0 Å². The highest BCUT2D eigenvalue weighted by Gasteiger charge is 2.32. The fourth-order valence-corrected chi connectivity index (χ4v) is 5.01. The molecule has 0 nitrogen and oxygen atoms in total. The number of benzene rings is 1. The van der Waals surface area contributed by atoms with Crippen LogP contribution >= 0.6 is 11.8 Å². The highest BCUT2D eigenvalue weighted by Crippen LogP contribution is 2.49. The van der Waals surface area contributed by atoms with Crippen molar-refractivity contribution >= 4 is 11.8 Å². The van der Waals surface area contributed by atoms with Gasteiger partial charge in [-0.2, -0.15) is 0 Å². The Kier molecular flexibility index (Phi) is 5.13. The van der Waals surface area contributed by atoms with Crippen molar-refractivity contribution in [2.24, 2.45) is 11.8 Å². The van der Waals surface area contributed by atoms with Gasteiger partial charge in [0.05, 0.1) is 0 Å². The van der Waals surface area contributed by atoms with Crippen LogP contribution in [-0.2, 0) is 0 Å². The number of hydrogen-bond donors (Lipinski definition) is 0. The Morgan fingerprint density at radius 2 is 1.71 bits per heavy atom. The molecule has 0 fully saturated rings. The van der Waals surface area contributed by atoms with E-state index in [1.54, 1.807) is 16.0 Å². The van der Waals surface area contributed by atoms with E-state index >= 15 is 0 Å². The van der Waals surface area contributed by atoms with E-state index in [1.165, 1.54) is 17.5 Å². The molecule has 0 aromatic heterocycles. The Morgan fingerprint density at radius 3 is 2.24 bits per heavy atom. The van der Waals surface area contributed by atoms with E-state index in [-0.39, 0.29) is 0 Å². The fourth-order valence-electron chi connectivity index (χ4n) is 3.56. The molecule has 1 heteroatoms. The minimum absolute atomic E-state index is 0.614. The van der Waals surface area contributed by atoms with Gasteiger partial charge in [0, 0.05) is 10.1 Å². The molecule has 0 saturated carbocycles. The van der Waals surface area contributed by atoms with Gasteiger partial charge in [-0.1, -0.05) is 47.6 Å². The zero-order chi connectivity index (χ0) is 15.9. The number of hydrogen-bond acceptors (Lipinski definition) is 1. The van der Waals surface area contributed by atoms with Gasteiger partial charge in [-0.15, -0.1) is 11.8 Å². The van der Waals surface area contributed by atoms with Crippen LogP contribution in [0.5, 0.6) is 0 Å². The second-order valence-corrected chi connectivity index (χ2v) is 9.08. The van der Waals surface area contributed by atoms with E-state index in [1.807, 2.05) is 0 Å². The van der Waals surface area contributed by atoms with Crippen molar-refractivity contribution in [3.05, 3.63) is 28.3 Å². The Bertz CT molecular complexity index is 513. The van der Waals surface area contributed by atoms with Crippen molar-refractivity contribution in [2.75, 3.05) is 0 Å². The van der Waals surface area contributed by atoms with Crippen molar-refractivity contribution in [1.82, 2.24) is 0 Å². The van der Waals surface area contributed by atoms with E-state index in [0.29, 0.717) is 17.1 Å². The third-order valence-electron chi connectivity index (χ3n) is 5.39. The van der Waals surface area contributed by atoms with Crippen LogP contribution in [0.25, 0.3) is 0 Å². The lowest BCUT2D eigenvalue weighted by Gasteiger charge is -2.28. The monoisotopic (exact) mass is 304 g/mol. The van der Waals surface area contributed by atoms with E-state index in [4.69, 9.17) is 0 Å². The van der Waals surface area contributed by atoms with Gasteiger partial charge < -0.3 is 0 Å². The summed E-state index contributed by atoms with van der Waals surface area (Å²) in [7, 11) is 0. The Balaban J connectivity index is 2.72. The first-order valence-corrected chi connectivity index (χ1v) is 9.42. The van der Waals surface area contributed by atoms with Crippen LogP contribution < -0.4 is 0 Å². The van der Waals surface area contributed by atoms with Crippen LogP contribution in [0, 0.1) is 25.7 Å². The van der Waals surface area contributed by atoms with E-state index in [2.05, 4.69) is 73.2 Å². The van der Waals surface area contributed by atoms with Crippen molar-refractivity contribution in [1.29, 1.82) is 0 Å². The zero-order valence-corrected chi connectivity index (χ0v) is 15.9. The number of rotatable bonds is 2. The molecule has 0 aliphatic carbocycles. The lowest BCUT2D eigenvalue weighted by Crippen LogP contribution is -2.15. The van der Waals surface area contributed by atoms with Crippen molar-refractivity contribution < 1.29 is 0 Å². The molecule has 3 atom stereocenters. The summed E-state index contributed by atoms with van der Waals surface area (Å²) >= 11 is 2.13. The first-order chi connectivity index (χ1) is 9.73. The molecule has 0 spiro atoms. The van der Waals surface area contributed by atoms with Gasteiger partial charge in [-0.3, -0.25) is 0 Å². The van der Waals surface area contributed by atoms with Crippen LogP contribution in [0.1, 0.15) is 82.1 Å². The van der Waals surface area contributed by atoms with Gasteiger partial charge in [-0.25, -0.2) is 0 Å². The SMILES string of the molecule is Cc1cc(C(C)C)c2c(c1C)S[C@@H](C)[C@@H](C)CC2C(C)C. The van der Waals surface area contributed by atoms with Crippen LogP contribution in [0.15, 0.2) is 11.0 Å². The first kappa shape index (κ1) is 16.9. The molecule has 2 rings (SSSR count). The molecule has 1 unspecified atom stereocenters. The topological polar surface area (TPSA) is 0 Å². The van der Waals surface area contributed by atoms with Gasteiger partial charge in [0.25, 0.3) is 0 Å². The highest BCUT2D eigenvalue weighted by molar-refractivity contribution is 8.00. The molecule has 21 heavy (non-hydrogen) atoms. The Hall–Kier alpha value is -0.430. The molecule has 1 aliphatic rings. The minimum Gasteiger partial charge on any atom is -0.122 e. The molecule has 1 aromatic rings. The minimum atomic E-state index is 0.614. The van der Waals surface area contributed by atoms with E-state index in [9.17, 15) is 0 Å². The number of fused-ring (bicyclic) bond motifs is 1. The summed E-state index contributed by atoms with van der Waals surface area (Å²) in [6, 6.07) is 2.47. The van der Waals surface area contributed by atoms with E-state index in [0.717, 1.165) is 11.8 Å². The molecule has 0 bridgehead atoms. The standard InChI is InChI=1S/C20H32S/c1-11(2)17-9-13(5)15(7)20-19(17)18(12(3)4)10-14(6)16(8)21-20/h9,11-12,14,16,18H,10H2,1-8H3/t14-,16-,18?/m0/s1. The maximum absolute atomic E-state index is 2.47. The molecule has 0 saturated heterocycles. The smallest absolute Gasteiger partial charge is 0.0144 e. The third kappa shape index (κ3) is 3.18. The van der Waals surface area contributed by atoms with Crippen molar-refractivity contribution in [2.45, 2.75) is 83.8 Å². The molecular formula is C20H32S. The molecule has 1 heterocycles. The molecular weight excluding hydrogens is 272 g/mol. The molecule has 118 valence electrons. The van der Waals surface area contributed by atoms with Gasteiger partial charge >= 0.3 is 0 Å². The lowest BCUT2D eigenvalue weighted by molar-refractivity contribution is 0.388. The van der Waals surface area contributed by atoms with E-state index < -0.39 is 0 Å². The second kappa shape index (κ2) is 6.36. The molecule has 1 aliphatic heterocycles. The normalized spacial score (nSPS) is 26.1. The predicted octanol–water partition coefficient (Wildman–Crippen LogP) is 6.69. The maximum Gasteiger partial charge on any atom is 0.0144 e. The zero-order valence-electron chi connectivity index (χ0n) is 15.1. The highest BCUT2D eigenvalue weighted by atomic mass is 32.2. The molecule has 0 N–H and O–H groups in total. The van der Waals surface area contributed by atoms with Crippen molar-refractivity contribution in [3.8, 4) is 0 Å². The average Bonchev–Trinajstić information content (AvgIpc) is 2.52. The maximum atomic E-state index is 2.47. The molecule has 1 aromatic carbocycles. The predicted molar refractivity (Wildman–Crippen MR) is 96.7 cm³/mol. The summed E-state index contributed by atoms with van der Waals surface area (Å²) in [5, 5.41) is 0.716.